The van der Waals surface area contributed by atoms with E-state index in [9.17, 15) is 16.8 Å². The highest BCUT2D eigenvalue weighted by atomic mass is 35.5. The molecule has 0 aromatic carbocycles. The summed E-state index contributed by atoms with van der Waals surface area (Å²) in [5.74, 6) is 0. The first-order valence-corrected chi connectivity index (χ1v) is 10.9. The summed E-state index contributed by atoms with van der Waals surface area (Å²) in [5.41, 5.74) is -0.315. The maximum atomic E-state index is 12.7. The number of sulfone groups is 1. The molecule has 8 nitrogen and oxygen atoms in total. The van der Waals surface area contributed by atoms with Gasteiger partial charge >= 0.3 is 0 Å². The number of thiophene rings is 1. The first-order valence-electron chi connectivity index (χ1n) is 7.00. The number of fused-ring (bicyclic) bond motifs is 1. The Morgan fingerprint density at radius 3 is 2.58 bits per heavy atom. The van der Waals surface area contributed by atoms with Crippen LogP contribution in [-0.4, -0.2) is 47.1 Å². The number of hydrogen-bond donors (Lipinski definition) is 3. The molecule has 1 aliphatic rings. The van der Waals surface area contributed by atoms with Crippen molar-refractivity contribution >= 4 is 43.6 Å². The second-order valence-electron chi connectivity index (χ2n) is 5.18. The molecule has 0 bridgehead atoms. The molecule has 4 N–H and O–H groups in total. The molecular formula is C12H21ClN2O6S3. The van der Waals surface area contributed by atoms with Gasteiger partial charge in [0.05, 0.1) is 13.2 Å². The van der Waals surface area contributed by atoms with Gasteiger partial charge in [0, 0.05) is 18.0 Å². The van der Waals surface area contributed by atoms with E-state index in [0.29, 0.717) is 29.0 Å². The van der Waals surface area contributed by atoms with Crippen molar-refractivity contribution in [3.8, 4) is 0 Å². The Morgan fingerprint density at radius 2 is 2.08 bits per heavy atom. The molecular weight excluding hydrogens is 400 g/mol. The standard InChI is InChI=1S/C12H20N2O6S3.ClH/c1-3-14-8-6-9(20-5-4-15)22(16,17)12-10(8)7(2)11(21-12)23(13,18)19;/h8-9,14-15H,3-6H2,1-2H3,(H2,13,18,19);1H. The highest BCUT2D eigenvalue weighted by molar-refractivity contribution is 7.95. The fraction of sp³-hybridized carbons (Fsp3) is 0.667. The van der Waals surface area contributed by atoms with Crippen LogP contribution < -0.4 is 10.5 Å². The number of nitrogens with two attached hydrogens (primary N) is 1. The number of rotatable bonds is 6. The minimum absolute atomic E-state index is 0. The molecule has 0 aliphatic carbocycles. The van der Waals surface area contributed by atoms with Crippen molar-refractivity contribution in [2.24, 2.45) is 5.14 Å². The Labute approximate surface area is 151 Å². The lowest BCUT2D eigenvalue weighted by Gasteiger charge is -2.30. The molecule has 2 unspecified atom stereocenters. The van der Waals surface area contributed by atoms with Gasteiger partial charge in [-0.1, -0.05) is 6.92 Å². The van der Waals surface area contributed by atoms with Gasteiger partial charge in [0.15, 0.2) is 5.44 Å². The van der Waals surface area contributed by atoms with Crippen LogP contribution in [0.1, 0.15) is 30.5 Å². The quantitative estimate of drug-likeness (QED) is 0.601. The fourth-order valence-corrected chi connectivity index (χ4v) is 7.54. The zero-order valence-corrected chi connectivity index (χ0v) is 16.4. The van der Waals surface area contributed by atoms with Gasteiger partial charge in [-0.25, -0.2) is 22.0 Å². The van der Waals surface area contributed by atoms with Gasteiger partial charge in [0.2, 0.25) is 19.9 Å². The van der Waals surface area contributed by atoms with Gasteiger partial charge < -0.3 is 15.2 Å². The van der Waals surface area contributed by atoms with Gasteiger partial charge in [-0.2, -0.15) is 0 Å². The molecule has 12 heteroatoms. The van der Waals surface area contributed by atoms with Gasteiger partial charge in [-0.15, -0.1) is 23.7 Å². The average Bonchev–Trinajstić information content (AvgIpc) is 2.80. The van der Waals surface area contributed by atoms with Crippen molar-refractivity contribution in [3.63, 3.8) is 0 Å². The monoisotopic (exact) mass is 420 g/mol. The molecule has 1 aliphatic heterocycles. The van der Waals surface area contributed by atoms with Crippen molar-refractivity contribution in [2.75, 3.05) is 19.8 Å². The van der Waals surface area contributed by atoms with Crippen molar-refractivity contribution < 1.29 is 26.7 Å². The lowest BCUT2D eigenvalue weighted by atomic mass is 10.0. The largest absolute Gasteiger partial charge is 0.394 e. The minimum atomic E-state index is -4.01. The summed E-state index contributed by atoms with van der Waals surface area (Å²) < 4.78 is 53.9. The van der Waals surface area contributed by atoms with E-state index in [1.54, 1.807) is 6.92 Å². The normalized spacial score (nSPS) is 22.7. The first-order chi connectivity index (χ1) is 10.6. The predicted molar refractivity (Wildman–Crippen MR) is 92.7 cm³/mol. The van der Waals surface area contributed by atoms with E-state index in [-0.39, 0.29) is 46.5 Å². The van der Waals surface area contributed by atoms with Crippen LogP contribution in [0.25, 0.3) is 0 Å². The second kappa shape index (κ2) is 7.96. The zero-order valence-electron chi connectivity index (χ0n) is 13.2. The van der Waals surface area contributed by atoms with E-state index in [0.717, 1.165) is 0 Å². The van der Waals surface area contributed by atoms with Crippen LogP contribution in [0.2, 0.25) is 0 Å². The molecule has 0 radical (unpaired) electrons. The van der Waals surface area contributed by atoms with Crippen LogP contribution >= 0.6 is 23.7 Å². The lowest BCUT2D eigenvalue weighted by molar-refractivity contribution is 0.0593. The Hall–Kier alpha value is -0.270. The summed E-state index contributed by atoms with van der Waals surface area (Å²) >= 11 is 0.659. The third-order valence-electron chi connectivity index (χ3n) is 3.60. The summed E-state index contributed by atoms with van der Waals surface area (Å²) in [6.07, 6.45) is 0.144. The average molecular weight is 421 g/mol. The molecule has 1 aromatic rings. The molecule has 2 atom stereocenters. The van der Waals surface area contributed by atoms with Gasteiger partial charge in [0.1, 0.15) is 8.42 Å². The Balaban J connectivity index is 0.00000288. The van der Waals surface area contributed by atoms with Gasteiger partial charge in [-0.05, 0) is 19.0 Å². The van der Waals surface area contributed by atoms with Crippen LogP contribution in [0.3, 0.4) is 0 Å². The van der Waals surface area contributed by atoms with Crippen LogP contribution in [-0.2, 0) is 24.6 Å². The molecule has 0 fully saturated rings. The number of sulfonamides is 1. The third-order valence-corrected chi connectivity index (χ3v) is 8.97. The number of nitrogens with one attached hydrogen (secondary N) is 1. The molecule has 2 heterocycles. The zero-order chi connectivity index (χ0) is 17.4. The van der Waals surface area contributed by atoms with E-state index in [1.165, 1.54) is 0 Å². The Kier molecular flexibility index (Phi) is 7.22. The highest BCUT2D eigenvalue weighted by Gasteiger charge is 2.43. The SMILES string of the molecule is CCNC1CC(OCCO)S(=O)(=O)c2sc(S(N)(=O)=O)c(C)c21.Cl. The minimum Gasteiger partial charge on any atom is -0.394 e. The van der Waals surface area contributed by atoms with Crippen LogP contribution in [0, 0.1) is 6.92 Å². The summed E-state index contributed by atoms with van der Waals surface area (Å²) in [5, 5.41) is 17.2. The van der Waals surface area contributed by atoms with Crippen LogP contribution in [0.15, 0.2) is 8.42 Å². The smallest absolute Gasteiger partial charge is 0.247 e. The number of aliphatic hydroxyl groups excluding tert-OH is 1. The lowest BCUT2D eigenvalue weighted by Crippen LogP contribution is -2.37. The summed E-state index contributed by atoms with van der Waals surface area (Å²) in [4.78, 5) is 0. The number of halogens is 1. The molecule has 140 valence electrons. The van der Waals surface area contributed by atoms with E-state index in [4.69, 9.17) is 15.0 Å². The number of hydrogen-bond acceptors (Lipinski definition) is 8. The number of aliphatic hydroxyl groups is 1. The first kappa shape index (κ1) is 21.8. The highest BCUT2D eigenvalue weighted by Crippen LogP contribution is 2.45. The molecule has 0 amide bonds. The number of ether oxygens (including phenoxy) is 1. The summed E-state index contributed by atoms with van der Waals surface area (Å²) in [7, 11) is -7.85. The van der Waals surface area contributed by atoms with E-state index in [2.05, 4.69) is 5.32 Å². The van der Waals surface area contributed by atoms with Gasteiger partial charge in [-0.3, -0.25) is 0 Å². The van der Waals surface area contributed by atoms with E-state index >= 15 is 0 Å². The molecule has 2 rings (SSSR count). The van der Waals surface area contributed by atoms with Crippen molar-refractivity contribution in [1.29, 1.82) is 0 Å². The van der Waals surface area contributed by atoms with Crippen LogP contribution in [0.4, 0.5) is 0 Å². The molecule has 1 aromatic heterocycles. The van der Waals surface area contributed by atoms with Crippen molar-refractivity contribution in [2.45, 2.75) is 40.2 Å². The molecule has 0 saturated carbocycles. The number of primary sulfonamides is 1. The topological polar surface area (TPSA) is 136 Å². The van der Waals surface area contributed by atoms with Crippen molar-refractivity contribution in [3.05, 3.63) is 11.1 Å². The predicted octanol–water partition coefficient (Wildman–Crippen LogP) is 0.289. The summed E-state index contributed by atoms with van der Waals surface area (Å²) in [6.45, 7) is 3.61. The maximum absolute atomic E-state index is 12.7. The molecule has 24 heavy (non-hydrogen) atoms. The van der Waals surface area contributed by atoms with Gasteiger partial charge in [0.25, 0.3) is 0 Å². The Bertz CT molecular complexity index is 790. The van der Waals surface area contributed by atoms with Crippen molar-refractivity contribution in [1.82, 2.24) is 5.32 Å². The third kappa shape index (κ3) is 3.93. The van der Waals surface area contributed by atoms with Crippen LogP contribution in [0.5, 0.6) is 0 Å². The molecule has 0 spiro atoms. The summed E-state index contributed by atoms with van der Waals surface area (Å²) in [6, 6.07) is -0.353. The Morgan fingerprint density at radius 1 is 1.46 bits per heavy atom. The van der Waals surface area contributed by atoms with E-state index in [1.807, 2.05) is 6.92 Å². The molecule has 0 saturated heterocycles. The maximum Gasteiger partial charge on any atom is 0.247 e. The second-order valence-corrected chi connectivity index (χ2v) is 10.2. The fourth-order valence-electron chi connectivity index (χ4n) is 2.70. The van der Waals surface area contributed by atoms with E-state index < -0.39 is 25.3 Å².